The maximum Gasteiger partial charge on any atom is 0.436 e. The van der Waals surface area contributed by atoms with Crippen LogP contribution in [0.4, 0.5) is 13.2 Å². The summed E-state index contributed by atoms with van der Waals surface area (Å²) in [7, 11) is 0. The lowest BCUT2D eigenvalue weighted by molar-refractivity contribution is -0.142. The summed E-state index contributed by atoms with van der Waals surface area (Å²) in [5, 5.41) is 12.3. The van der Waals surface area contributed by atoms with Gasteiger partial charge in [0, 0.05) is 25.2 Å². The zero-order valence-corrected chi connectivity index (χ0v) is 14.1. The number of aromatic carboxylic acids is 1. The summed E-state index contributed by atoms with van der Waals surface area (Å²) in [5.41, 5.74) is -0.651. The molecule has 2 aliphatic rings. The molecule has 1 N–H and O–H groups in total. The van der Waals surface area contributed by atoms with Gasteiger partial charge in [0.25, 0.3) is 0 Å². The van der Waals surface area contributed by atoms with Gasteiger partial charge in [-0.05, 0) is 23.5 Å². The summed E-state index contributed by atoms with van der Waals surface area (Å²) in [6.07, 6.45) is -2.95. The first-order valence-electron chi connectivity index (χ1n) is 8.47. The predicted octanol–water partition coefficient (Wildman–Crippen LogP) is 2.63. The summed E-state index contributed by atoms with van der Waals surface area (Å²) in [5.74, 6) is -0.767. The van der Waals surface area contributed by atoms with Crippen molar-refractivity contribution in [2.75, 3.05) is 6.54 Å². The van der Waals surface area contributed by atoms with E-state index in [0.717, 1.165) is 29.4 Å². The molecule has 0 bridgehead atoms. The molecule has 1 aliphatic carbocycles. The van der Waals surface area contributed by atoms with E-state index in [-0.39, 0.29) is 18.4 Å². The van der Waals surface area contributed by atoms with Crippen LogP contribution in [0.25, 0.3) is 0 Å². The van der Waals surface area contributed by atoms with Crippen LogP contribution in [-0.4, -0.2) is 38.2 Å². The number of likely N-dealkylation sites (tertiary alicyclic amines) is 1. The summed E-state index contributed by atoms with van der Waals surface area (Å²) in [4.78, 5) is 24.8. The number of piperidine rings is 1. The van der Waals surface area contributed by atoms with Crippen molar-refractivity contribution in [2.45, 2.75) is 25.7 Å². The topological polar surface area (TPSA) is 75.4 Å². The van der Waals surface area contributed by atoms with Gasteiger partial charge in [-0.15, -0.1) is 0 Å². The summed E-state index contributed by atoms with van der Waals surface area (Å²) >= 11 is 0. The van der Waals surface area contributed by atoms with Gasteiger partial charge in [0.1, 0.15) is 5.56 Å². The molecule has 2 aromatic rings. The number of carboxylic acids is 1. The summed E-state index contributed by atoms with van der Waals surface area (Å²) in [6.45, 7) is 1.33. The number of halogens is 3. The highest BCUT2D eigenvalue weighted by molar-refractivity contribution is 5.88. The molecule has 1 aromatic heterocycles. The van der Waals surface area contributed by atoms with Crippen LogP contribution in [0.2, 0.25) is 0 Å². The van der Waals surface area contributed by atoms with E-state index in [1.165, 1.54) is 0 Å². The molecule has 1 amide bonds. The first-order valence-corrected chi connectivity index (χ1v) is 8.47. The molecular formula is C18H16F3N3O3. The zero-order valence-electron chi connectivity index (χ0n) is 14.1. The van der Waals surface area contributed by atoms with Gasteiger partial charge in [-0.1, -0.05) is 24.3 Å². The number of fused-ring (bicyclic) bond motifs is 1. The Labute approximate surface area is 152 Å². The van der Waals surface area contributed by atoms with Crippen molar-refractivity contribution >= 4 is 11.9 Å². The van der Waals surface area contributed by atoms with Crippen molar-refractivity contribution in [3.05, 3.63) is 52.8 Å². The predicted molar refractivity (Wildman–Crippen MR) is 86.7 cm³/mol. The molecule has 0 radical (unpaired) electrons. The van der Waals surface area contributed by atoms with Crippen LogP contribution in [0.1, 0.15) is 33.6 Å². The third-order valence-electron chi connectivity index (χ3n) is 5.01. The minimum atomic E-state index is -4.83. The molecule has 1 saturated heterocycles. The second-order valence-corrected chi connectivity index (χ2v) is 7.03. The van der Waals surface area contributed by atoms with Crippen LogP contribution < -0.4 is 0 Å². The molecule has 2 fully saturated rings. The third-order valence-corrected chi connectivity index (χ3v) is 5.01. The molecule has 0 spiro atoms. The smallest absolute Gasteiger partial charge is 0.436 e. The molecular weight excluding hydrogens is 363 g/mol. The van der Waals surface area contributed by atoms with Gasteiger partial charge in [-0.3, -0.25) is 9.48 Å². The lowest BCUT2D eigenvalue weighted by atomic mass is 10.1. The molecule has 1 aromatic carbocycles. The Morgan fingerprint density at radius 3 is 2.30 bits per heavy atom. The minimum Gasteiger partial charge on any atom is -0.478 e. The van der Waals surface area contributed by atoms with Crippen LogP contribution in [0, 0.1) is 11.8 Å². The number of aromatic nitrogens is 2. The Bertz CT molecular complexity index is 905. The molecule has 2 atom stereocenters. The minimum absolute atomic E-state index is 0.0173. The van der Waals surface area contributed by atoms with Crippen molar-refractivity contribution < 1.29 is 27.9 Å². The number of nitrogens with zero attached hydrogens (tertiary/aromatic N) is 3. The van der Waals surface area contributed by atoms with E-state index in [1.807, 2.05) is 17.0 Å². The molecule has 142 valence electrons. The van der Waals surface area contributed by atoms with Gasteiger partial charge in [0.15, 0.2) is 5.69 Å². The van der Waals surface area contributed by atoms with Gasteiger partial charge in [-0.25, -0.2) is 4.79 Å². The standard InChI is InChI=1S/C18H16F3N3O3/c19-18(20,21)15-14(17(26)27)9-24(22-15)7-11-3-1-10(2-4-11)6-23-8-12-5-13(12)16(23)25/h1-4,9,12-13H,5-8H2,(H,26,27). The van der Waals surface area contributed by atoms with Crippen molar-refractivity contribution in [1.29, 1.82) is 0 Å². The van der Waals surface area contributed by atoms with E-state index in [1.54, 1.807) is 12.1 Å². The maximum atomic E-state index is 12.9. The molecule has 2 unspecified atom stereocenters. The quantitative estimate of drug-likeness (QED) is 0.867. The van der Waals surface area contributed by atoms with E-state index in [2.05, 4.69) is 5.10 Å². The Balaban J connectivity index is 1.45. The second-order valence-electron chi connectivity index (χ2n) is 7.03. The normalized spacial score (nSPS) is 21.4. The van der Waals surface area contributed by atoms with Crippen LogP contribution in [0.5, 0.6) is 0 Å². The highest BCUT2D eigenvalue weighted by atomic mass is 19.4. The largest absolute Gasteiger partial charge is 0.478 e. The maximum absolute atomic E-state index is 12.9. The summed E-state index contributed by atoms with van der Waals surface area (Å²) < 4.78 is 39.7. The van der Waals surface area contributed by atoms with Crippen LogP contribution in [-0.2, 0) is 24.1 Å². The van der Waals surface area contributed by atoms with Gasteiger partial charge >= 0.3 is 12.1 Å². The summed E-state index contributed by atoms with van der Waals surface area (Å²) in [6, 6.07) is 7.12. The van der Waals surface area contributed by atoms with E-state index >= 15 is 0 Å². The van der Waals surface area contributed by atoms with Gasteiger partial charge in [0.05, 0.1) is 6.54 Å². The fraction of sp³-hybridized carbons (Fsp3) is 0.389. The lowest BCUT2D eigenvalue weighted by Crippen LogP contribution is -2.27. The van der Waals surface area contributed by atoms with E-state index in [0.29, 0.717) is 18.0 Å². The number of benzene rings is 1. The van der Waals surface area contributed by atoms with Crippen molar-refractivity contribution in [1.82, 2.24) is 14.7 Å². The first-order chi connectivity index (χ1) is 12.7. The molecule has 2 heterocycles. The second kappa shape index (κ2) is 6.11. The molecule has 4 rings (SSSR count). The fourth-order valence-electron chi connectivity index (χ4n) is 3.53. The van der Waals surface area contributed by atoms with E-state index < -0.39 is 23.4 Å². The Kier molecular flexibility index (Phi) is 3.97. The SMILES string of the molecule is O=C(O)c1cn(Cc2ccc(CN3CC4CC4C3=O)cc2)nc1C(F)(F)F. The zero-order chi connectivity index (χ0) is 19.3. The van der Waals surface area contributed by atoms with Crippen molar-refractivity contribution in [3.8, 4) is 0 Å². The number of hydrogen-bond acceptors (Lipinski definition) is 3. The van der Waals surface area contributed by atoms with Gasteiger partial charge in [-0.2, -0.15) is 18.3 Å². The van der Waals surface area contributed by atoms with Gasteiger partial charge < -0.3 is 10.0 Å². The fourth-order valence-corrected chi connectivity index (χ4v) is 3.53. The van der Waals surface area contributed by atoms with Crippen LogP contribution in [0.3, 0.4) is 0 Å². The van der Waals surface area contributed by atoms with Crippen molar-refractivity contribution in [2.24, 2.45) is 11.8 Å². The Morgan fingerprint density at radius 2 is 1.81 bits per heavy atom. The number of amides is 1. The number of hydrogen-bond donors (Lipinski definition) is 1. The van der Waals surface area contributed by atoms with E-state index in [9.17, 15) is 22.8 Å². The number of carbonyl (C=O) groups is 2. The molecule has 9 heteroatoms. The average molecular weight is 379 g/mol. The molecule has 1 aliphatic heterocycles. The molecule has 6 nitrogen and oxygen atoms in total. The third kappa shape index (κ3) is 3.41. The lowest BCUT2D eigenvalue weighted by Gasteiger charge is -2.18. The monoisotopic (exact) mass is 379 g/mol. The van der Waals surface area contributed by atoms with Crippen molar-refractivity contribution in [3.63, 3.8) is 0 Å². The number of rotatable bonds is 5. The number of carbonyl (C=O) groups excluding carboxylic acids is 1. The van der Waals surface area contributed by atoms with E-state index in [4.69, 9.17) is 5.11 Å². The highest BCUT2D eigenvalue weighted by Crippen LogP contribution is 2.46. The molecule has 27 heavy (non-hydrogen) atoms. The molecule has 1 saturated carbocycles. The average Bonchev–Trinajstić information content (AvgIpc) is 3.10. The Hall–Kier alpha value is -2.84. The number of carboxylic acid groups (broad SMARTS) is 1. The number of alkyl halides is 3. The Morgan fingerprint density at radius 1 is 1.19 bits per heavy atom. The van der Waals surface area contributed by atoms with Crippen LogP contribution in [0.15, 0.2) is 30.5 Å². The first kappa shape index (κ1) is 17.6. The van der Waals surface area contributed by atoms with Crippen LogP contribution >= 0.6 is 0 Å². The van der Waals surface area contributed by atoms with Gasteiger partial charge in [0.2, 0.25) is 5.91 Å². The highest BCUT2D eigenvalue weighted by Gasteiger charge is 2.51.